The number of hydrogen-bond donors (Lipinski definition) is 2. The summed E-state index contributed by atoms with van der Waals surface area (Å²) in [5, 5.41) is 4.05. The SMILES string of the molecule is CCc1nc(C)sc1CNC(=O)[C@H]1CCCN(CC(N)=O)C1. The molecule has 1 atom stereocenters. The molecule has 3 N–H and O–H groups in total. The minimum Gasteiger partial charge on any atom is -0.369 e. The lowest BCUT2D eigenvalue weighted by atomic mass is 9.97. The minimum absolute atomic E-state index is 0.0577. The average Bonchev–Trinajstić information content (AvgIpc) is 2.84. The van der Waals surface area contributed by atoms with Gasteiger partial charge in [0, 0.05) is 11.4 Å². The number of rotatable bonds is 6. The fourth-order valence-corrected chi connectivity index (χ4v) is 3.84. The van der Waals surface area contributed by atoms with Crippen molar-refractivity contribution in [1.82, 2.24) is 15.2 Å². The van der Waals surface area contributed by atoms with Crippen LogP contribution in [-0.4, -0.2) is 41.3 Å². The number of likely N-dealkylation sites (tertiary alicyclic amines) is 1. The van der Waals surface area contributed by atoms with Gasteiger partial charge in [0.1, 0.15) is 0 Å². The van der Waals surface area contributed by atoms with Gasteiger partial charge in [-0.1, -0.05) is 6.92 Å². The second-order valence-electron chi connectivity index (χ2n) is 5.71. The molecule has 0 unspecified atom stereocenters. The number of nitrogens with one attached hydrogen (secondary N) is 1. The van der Waals surface area contributed by atoms with E-state index in [0.717, 1.165) is 41.4 Å². The van der Waals surface area contributed by atoms with Crippen molar-refractivity contribution >= 4 is 23.2 Å². The third-order valence-electron chi connectivity index (χ3n) is 3.90. The summed E-state index contributed by atoms with van der Waals surface area (Å²) in [5.41, 5.74) is 6.30. The quantitative estimate of drug-likeness (QED) is 0.811. The largest absolute Gasteiger partial charge is 0.369 e. The van der Waals surface area contributed by atoms with Gasteiger partial charge in [0.05, 0.1) is 29.7 Å². The maximum absolute atomic E-state index is 12.3. The predicted octanol–water partition coefficient (Wildman–Crippen LogP) is 0.827. The van der Waals surface area contributed by atoms with Gasteiger partial charge in [0.25, 0.3) is 0 Å². The molecule has 1 fully saturated rings. The van der Waals surface area contributed by atoms with E-state index in [1.807, 2.05) is 11.8 Å². The molecule has 0 bridgehead atoms. The number of thiazole rings is 1. The summed E-state index contributed by atoms with van der Waals surface area (Å²) in [6.45, 7) is 6.27. The third kappa shape index (κ3) is 4.51. The van der Waals surface area contributed by atoms with Crippen molar-refractivity contribution in [3.63, 3.8) is 0 Å². The number of hydrogen-bond acceptors (Lipinski definition) is 5. The molecule has 0 spiro atoms. The van der Waals surface area contributed by atoms with E-state index >= 15 is 0 Å². The molecule has 1 saturated heterocycles. The molecule has 0 radical (unpaired) electrons. The molecular formula is C15H24N4O2S. The van der Waals surface area contributed by atoms with Gasteiger partial charge in [-0.15, -0.1) is 11.3 Å². The van der Waals surface area contributed by atoms with Crippen molar-refractivity contribution in [3.8, 4) is 0 Å². The Morgan fingerprint density at radius 1 is 1.50 bits per heavy atom. The highest BCUT2D eigenvalue weighted by molar-refractivity contribution is 7.11. The monoisotopic (exact) mass is 324 g/mol. The first-order chi connectivity index (χ1) is 10.5. The van der Waals surface area contributed by atoms with E-state index in [0.29, 0.717) is 13.1 Å². The van der Waals surface area contributed by atoms with E-state index in [9.17, 15) is 9.59 Å². The molecule has 122 valence electrons. The molecular weight excluding hydrogens is 300 g/mol. The first-order valence-electron chi connectivity index (χ1n) is 7.73. The maximum atomic E-state index is 12.3. The topological polar surface area (TPSA) is 88.3 Å². The normalized spacial score (nSPS) is 19.1. The van der Waals surface area contributed by atoms with E-state index in [4.69, 9.17) is 5.73 Å². The Morgan fingerprint density at radius 2 is 2.27 bits per heavy atom. The van der Waals surface area contributed by atoms with Crippen LogP contribution in [0.1, 0.15) is 35.3 Å². The van der Waals surface area contributed by atoms with Gasteiger partial charge >= 0.3 is 0 Å². The Hall–Kier alpha value is -1.47. The van der Waals surface area contributed by atoms with Crippen LogP contribution in [0.25, 0.3) is 0 Å². The second-order valence-corrected chi connectivity index (χ2v) is 7.00. The zero-order valence-corrected chi connectivity index (χ0v) is 14.0. The maximum Gasteiger partial charge on any atom is 0.231 e. The molecule has 0 aromatic carbocycles. The summed E-state index contributed by atoms with van der Waals surface area (Å²) in [6.07, 6.45) is 2.67. The Balaban J connectivity index is 1.87. The van der Waals surface area contributed by atoms with Gasteiger partial charge in [0.15, 0.2) is 0 Å². The fraction of sp³-hybridized carbons (Fsp3) is 0.667. The lowest BCUT2D eigenvalue weighted by molar-refractivity contribution is -0.128. The summed E-state index contributed by atoms with van der Waals surface area (Å²) in [4.78, 5) is 30.9. The van der Waals surface area contributed by atoms with E-state index in [2.05, 4.69) is 17.2 Å². The minimum atomic E-state index is -0.339. The van der Waals surface area contributed by atoms with Crippen LogP contribution in [0.3, 0.4) is 0 Å². The number of amides is 2. The van der Waals surface area contributed by atoms with Crippen LogP contribution in [0.15, 0.2) is 0 Å². The highest BCUT2D eigenvalue weighted by atomic mass is 32.1. The summed E-state index contributed by atoms with van der Waals surface area (Å²) in [6, 6.07) is 0. The molecule has 7 heteroatoms. The van der Waals surface area contributed by atoms with Gasteiger partial charge in [-0.05, 0) is 32.7 Å². The highest BCUT2D eigenvalue weighted by Crippen LogP contribution is 2.20. The number of carbonyl (C=O) groups excluding carboxylic acids is 2. The van der Waals surface area contributed by atoms with E-state index in [1.165, 1.54) is 0 Å². The van der Waals surface area contributed by atoms with Crippen molar-refractivity contribution < 1.29 is 9.59 Å². The van der Waals surface area contributed by atoms with Crippen LogP contribution >= 0.6 is 11.3 Å². The second kappa shape index (κ2) is 7.69. The molecule has 2 amide bonds. The van der Waals surface area contributed by atoms with Crippen LogP contribution in [0.4, 0.5) is 0 Å². The van der Waals surface area contributed by atoms with Crippen molar-refractivity contribution in [2.24, 2.45) is 11.7 Å². The average molecular weight is 324 g/mol. The lowest BCUT2D eigenvalue weighted by Gasteiger charge is -2.30. The third-order valence-corrected chi connectivity index (χ3v) is 4.91. The summed E-state index contributed by atoms with van der Waals surface area (Å²) >= 11 is 1.64. The summed E-state index contributed by atoms with van der Waals surface area (Å²) in [7, 11) is 0. The van der Waals surface area contributed by atoms with Crippen LogP contribution in [0.5, 0.6) is 0 Å². The van der Waals surface area contributed by atoms with Crippen LogP contribution in [0.2, 0.25) is 0 Å². The molecule has 0 saturated carbocycles. The predicted molar refractivity (Wildman–Crippen MR) is 86.4 cm³/mol. The molecule has 2 rings (SSSR count). The van der Waals surface area contributed by atoms with Gasteiger partial charge < -0.3 is 11.1 Å². The fourth-order valence-electron chi connectivity index (χ4n) is 2.87. The highest BCUT2D eigenvalue weighted by Gasteiger charge is 2.26. The summed E-state index contributed by atoms with van der Waals surface area (Å²) in [5.74, 6) is -0.344. The molecule has 6 nitrogen and oxygen atoms in total. The first-order valence-corrected chi connectivity index (χ1v) is 8.54. The van der Waals surface area contributed by atoms with Crippen molar-refractivity contribution in [2.75, 3.05) is 19.6 Å². The lowest BCUT2D eigenvalue weighted by Crippen LogP contribution is -2.45. The van der Waals surface area contributed by atoms with Crippen molar-refractivity contribution in [2.45, 2.75) is 39.7 Å². The van der Waals surface area contributed by atoms with Gasteiger partial charge in [-0.3, -0.25) is 14.5 Å². The van der Waals surface area contributed by atoms with E-state index in [1.54, 1.807) is 11.3 Å². The van der Waals surface area contributed by atoms with E-state index in [-0.39, 0.29) is 24.3 Å². The molecule has 0 aliphatic carbocycles. The van der Waals surface area contributed by atoms with Crippen molar-refractivity contribution in [1.29, 1.82) is 0 Å². The number of aromatic nitrogens is 1. The number of primary amides is 1. The molecule has 1 aliphatic heterocycles. The number of carbonyl (C=O) groups is 2. The van der Waals surface area contributed by atoms with Gasteiger partial charge in [0.2, 0.25) is 11.8 Å². The molecule has 22 heavy (non-hydrogen) atoms. The molecule has 2 heterocycles. The van der Waals surface area contributed by atoms with Crippen molar-refractivity contribution in [3.05, 3.63) is 15.6 Å². The Morgan fingerprint density at radius 3 is 2.95 bits per heavy atom. The molecule has 1 aliphatic rings. The number of nitrogens with two attached hydrogens (primary N) is 1. The number of piperidine rings is 1. The Kier molecular flexibility index (Phi) is 5.90. The zero-order valence-electron chi connectivity index (χ0n) is 13.2. The zero-order chi connectivity index (χ0) is 16.1. The Labute approximate surface area is 135 Å². The number of nitrogens with zero attached hydrogens (tertiary/aromatic N) is 2. The Bertz CT molecular complexity index is 544. The first kappa shape index (κ1) is 16.9. The van der Waals surface area contributed by atoms with Crippen LogP contribution < -0.4 is 11.1 Å². The van der Waals surface area contributed by atoms with Gasteiger partial charge in [-0.25, -0.2) is 4.98 Å². The summed E-state index contributed by atoms with van der Waals surface area (Å²) < 4.78 is 0. The standard InChI is InChI=1S/C15H24N4O2S/c1-3-12-13(22-10(2)18-12)7-17-15(21)11-5-4-6-19(8-11)9-14(16)20/h11H,3-9H2,1-2H3,(H2,16,20)(H,17,21)/t11-/m0/s1. The van der Waals surface area contributed by atoms with Gasteiger partial charge in [-0.2, -0.15) is 0 Å². The van der Waals surface area contributed by atoms with E-state index < -0.39 is 0 Å². The smallest absolute Gasteiger partial charge is 0.231 e. The van der Waals surface area contributed by atoms with Crippen LogP contribution in [-0.2, 0) is 22.6 Å². The molecule has 1 aromatic heterocycles. The number of aryl methyl sites for hydroxylation is 2. The van der Waals surface area contributed by atoms with Crippen LogP contribution in [0, 0.1) is 12.8 Å². The molecule has 1 aromatic rings.